The molecule has 0 bridgehead atoms. The Kier molecular flexibility index (Phi) is 37.4. The first-order chi connectivity index (χ1) is 55.2. The summed E-state index contributed by atoms with van der Waals surface area (Å²) in [4.78, 5) is 165. The van der Waals surface area contributed by atoms with E-state index in [9.17, 15) is 61.2 Å². The van der Waals surface area contributed by atoms with Crippen molar-refractivity contribution in [2.45, 2.75) is 227 Å². The Morgan fingerprint density at radius 3 is 1.66 bits per heavy atom. The number of halogens is 2. The van der Waals surface area contributed by atoms with Crippen LogP contribution in [0.5, 0.6) is 5.75 Å². The number of nitrogens with one attached hydrogen (secondary N) is 5. The number of aromatic amines is 1. The average Bonchev–Trinajstić information content (AvgIpc) is 1.58. The molecule has 10 atom stereocenters. The second-order valence-electron chi connectivity index (χ2n) is 29.7. The minimum Gasteiger partial charge on any atom is -0.662 e. The number of pyridine rings is 2. The zero-order valence-corrected chi connectivity index (χ0v) is 77.1. The molecule has 4 aliphatic carbocycles. The molecule has 2 saturated heterocycles. The molecule has 634 valence electrons. The average molecular weight is 1960 g/mol. The number of allylic oxidation sites excluding steroid dienone is 2. The molecule has 6 fully saturated rings. The van der Waals surface area contributed by atoms with E-state index in [2.05, 4.69) is 63.6 Å². The topological polar surface area (TPSA) is 430 Å². The SMILES string of the molecule is C.C=[O+]C(=O)[C@@]12CC1/C=C\CCCCC[C@H](NC(=O)OC1CCCC1)C(=O)N1C[C@@H](OS(=O)(=O)c3ccc(Br)cc3)C[C@H]1C(=O)N2.COC(=O)c1cc(=O)c2cccc(C)c2[nH]1.COC(=O)c1cc(O[C@@H]2C[C@H]3C(=O)N[C@]4(C(=O)OC)CC4/C=C\CCCCC[C@H](NC(=O)OC4CCCC4)C(=O)N3C2)c2cccc(C)c2n1.I.O=CO[O-].[Cs+]. The molecular formula is C82H102BrCsIN8O24S+. The van der Waals surface area contributed by atoms with Gasteiger partial charge in [-0.1, -0.05) is 97.6 Å². The summed E-state index contributed by atoms with van der Waals surface area (Å²) >= 11 is 3.28. The van der Waals surface area contributed by atoms with Gasteiger partial charge in [0.05, 0.1) is 54.7 Å². The molecule has 5 N–H and O–H groups in total. The number of fused-ring (bicyclic) bond motifs is 6. The van der Waals surface area contributed by atoms with Crippen molar-refractivity contribution in [3.05, 3.63) is 134 Å². The number of esters is 3. The van der Waals surface area contributed by atoms with Gasteiger partial charge in [-0.15, -0.1) is 24.0 Å². The first-order valence-corrected chi connectivity index (χ1v) is 40.8. The second kappa shape index (κ2) is 45.3. The Morgan fingerprint density at radius 2 is 1.14 bits per heavy atom. The summed E-state index contributed by atoms with van der Waals surface area (Å²) in [6.07, 6.45) is 18.8. The number of alkyl carbamates (subject to hydrolysis) is 2. The van der Waals surface area contributed by atoms with Gasteiger partial charge in [-0.05, 0) is 164 Å². The number of aryl methyl sites for hydroxylation is 2. The van der Waals surface area contributed by atoms with Gasteiger partial charge in [-0.3, -0.25) is 37.4 Å². The second-order valence-corrected chi connectivity index (χ2v) is 32.2. The van der Waals surface area contributed by atoms with Crippen LogP contribution in [0.25, 0.3) is 21.8 Å². The van der Waals surface area contributed by atoms with Gasteiger partial charge in [0.2, 0.25) is 29.2 Å². The van der Waals surface area contributed by atoms with Gasteiger partial charge < -0.3 is 74.6 Å². The quantitative estimate of drug-likeness (QED) is 0.00972. The molecule has 36 heteroatoms. The van der Waals surface area contributed by atoms with Crippen LogP contribution in [0, 0.1) is 25.7 Å². The van der Waals surface area contributed by atoms with E-state index in [0.717, 1.165) is 101 Å². The summed E-state index contributed by atoms with van der Waals surface area (Å²) in [6.45, 7) is 6.60. The van der Waals surface area contributed by atoms with Gasteiger partial charge in [0.25, 0.3) is 16.6 Å². The van der Waals surface area contributed by atoms with E-state index >= 15 is 0 Å². The Bertz CT molecular complexity index is 4700. The predicted molar refractivity (Wildman–Crippen MR) is 436 cm³/mol. The summed E-state index contributed by atoms with van der Waals surface area (Å²) in [7, 11) is -0.404. The van der Waals surface area contributed by atoms with E-state index in [-0.39, 0.29) is 178 Å². The molecule has 2 unspecified atom stereocenters. The fraction of sp³-hybridized carbons (Fsp3) is 0.512. The molecule has 8 aliphatic rings. The van der Waals surface area contributed by atoms with Gasteiger partial charge in [0.1, 0.15) is 59.5 Å². The number of hydrogen-bond acceptors (Lipinski definition) is 24. The van der Waals surface area contributed by atoms with Crippen molar-refractivity contribution < 1.29 is 177 Å². The first kappa shape index (κ1) is 97.5. The maximum atomic E-state index is 14.4. The van der Waals surface area contributed by atoms with Gasteiger partial charge in [0.15, 0.2) is 17.9 Å². The van der Waals surface area contributed by atoms with Crippen molar-refractivity contribution in [2.75, 3.05) is 34.4 Å². The van der Waals surface area contributed by atoms with Gasteiger partial charge in [-0.25, -0.2) is 29.0 Å². The molecule has 3 aromatic carbocycles. The maximum Gasteiger partial charge on any atom is 1.00 e. The zero-order valence-electron chi connectivity index (χ0n) is 66.1. The summed E-state index contributed by atoms with van der Waals surface area (Å²) in [5.41, 5.74) is 0.464. The molecule has 118 heavy (non-hydrogen) atoms. The molecule has 6 amide bonds. The van der Waals surface area contributed by atoms with Crippen molar-refractivity contribution in [3.8, 4) is 5.75 Å². The minimum atomic E-state index is -4.25. The van der Waals surface area contributed by atoms with E-state index in [1.54, 1.807) is 18.2 Å². The molecular weight excluding hydrogens is 1850 g/mol. The monoisotopic (exact) mass is 1950 g/mol. The number of nitrogens with zero attached hydrogens (tertiary/aromatic N) is 3. The first-order valence-electron chi connectivity index (χ1n) is 38.6. The van der Waals surface area contributed by atoms with Crippen LogP contribution in [0.4, 0.5) is 9.59 Å². The van der Waals surface area contributed by atoms with Crippen molar-refractivity contribution in [1.82, 2.24) is 41.0 Å². The minimum absolute atomic E-state index is 0. The molecule has 0 spiro atoms. The fourth-order valence-electron chi connectivity index (χ4n) is 15.6. The number of benzene rings is 3. The zero-order chi connectivity index (χ0) is 82.7. The third kappa shape index (κ3) is 24.8. The smallest absolute Gasteiger partial charge is 0.662 e. The summed E-state index contributed by atoms with van der Waals surface area (Å²) in [5.74, 6) is -4.76. The number of carbonyl (C=O) groups excluding carboxylic acids is 12. The van der Waals surface area contributed by atoms with Crippen LogP contribution in [-0.4, -0.2) is 195 Å². The van der Waals surface area contributed by atoms with Crippen molar-refractivity contribution in [3.63, 3.8) is 0 Å². The number of hydrogen-bond donors (Lipinski definition) is 5. The Labute approximate surface area is 768 Å². The van der Waals surface area contributed by atoms with Crippen molar-refractivity contribution in [2.24, 2.45) is 11.8 Å². The Hall–Kier alpha value is -7.67. The molecule has 13 rings (SSSR count). The molecule has 32 nitrogen and oxygen atoms in total. The third-order valence-electron chi connectivity index (χ3n) is 21.8. The number of aromatic nitrogens is 2. The standard InChI is InChI=1S/C37H46N4O9.C31H38BrN3O9S.C12H11NO3.CH2O3.CH4.Cs.HI/c1-22-12-11-16-26-30(19-28(34(44)47-2)38-31(22)26)49-25-18-29-32(42)40-37(35(45)48-3)20-23(37)13-7-5-4-6-8-17-27(33(43)41(29)21-25)39-36(46)50-24-14-9-10-15-24;1-42-29(38)31-18-20(31)9-5-3-2-4-6-12-25(33-30(39)43-22-10-7-8-11-22)28(37)35-19-23(17-26(35)27(36)34-31)44-45(40,41)24-15-13-21(32)14-16-24;1-7-4-3-5-8-10(14)6-9(12(15)16-2)13-11(7)8;2-1-4-3;;;/h7,11-13,16,19,23-25,27,29H,4-6,8-10,14-15,17-18,20-21H2,1-3H3,(H,39,46)(H,40,42);5,9,13-16,20,22-23,25-26H,1-4,6-8,10-12,17-19H2,(H-,33,34,36,39);3-6H,1-2H3,(H,13,14);1,3H;1H4;;1H/q;;;;;+1;/b13-7-;9-5-;;;;;/t23?,25-,27+,29+,37-;20?,23-,25-,26-,31+;;;;;/m10...../s1. The van der Waals surface area contributed by atoms with Crippen LogP contribution in [0.1, 0.15) is 181 Å². The third-order valence-corrected chi connectivity index (χ3v) is 23.7. The molecule has 2 aromatic heterocycles. The van der Waals surface area contributed by atoms with Crippen LogP contribution >= 0.6 is 39.9 Å². The Balaban J connectivity index is 0.000000259. The van der Waals surface area contributed by atoms with Gasteiger partial charge in [-0.2, -0.15) is 8.42 Å². The van der Waals surface area contributed by atoms with Crippen LogP contribution < -0.4 is 106 Å². The summed E-state index contributed by atoms with van der Waals surface area (Å²) < 4.78 is 69.6. The predicted octanol–water partition coefficient (Wildman–Crippen LogP) is 6.05. The van der Waals surface area contributed by atoms with Crippen molar-refractivity contribution in [1.29, 1.82) is 0 Å². The van der Waals surface area contributed by atoms with Gasteiger partial charge >= 0.3 is 105 Å². The van der Waals surface area contributed by atoms with Gasteiger partial charge in [0, 0.05) is 58.6 Å². The number of para-hydroxylation sites is 2. The van der Waals surface area contributed by atoms with Crippen LogP contribution in [0.2, 0.25) is 0 Å². The van der Waals surface area contributed by atoms with E-state index in [4.69, 9.17) is 42.3 Å². The summed E-state index contributed by atoms with van der Waals surface area (Å²) in [6, 6.07) is 15.5. The number of H-pyrrole nitrogens is 1. The van der Waals surface area contributed by atoms with Crippen LogP contribution in [-0.2, 0) is 80.9 Å². The maximum absolute atomic E-state index is 14.4. The number of ether oxygens (including phenoxy) is 6. The van der Waals surface area contributed by atoms with E-state index in [1.807, 2.05) is 68.5 Å². The molecule has 6 heterocycles. The largest absolute Gasteiger partial charge is 1.00 e. The number of rotatable bonds is 14. The van der Waals surface area contributed by atoms with E-state index < -0.39 is 117 Å². The molecule has 0 radical (unpaired) electrons. The molecule has 5 aromatic rings. The number of carbonyl (C=O) groups is 11. The summed E-state index contributed by atoms with van der Waals surface area (Å²) in [5, 5.41) is 20.9. The number of amides is 6. The fourth-order valence-corrected chi connectivity index (χ4v) is 16.9. The normalized spacial score (nSPS) is 24.9. The molecule has 4 aliphatic heterocycles. The molecule has 4 saturated carbocycles. The van der Waals surface area contributed by atoms with Crippen LogP contribution in [0.3, 0.4) is 0 Å². The number of methoxy groups -OCH3 is 3. The van der Waals surface area contributed by atoms with Crippen LogP contribution in [0.15, 0.2) is 111 Å². The van der Waals surface area contributed by atoms with E-state index in [1.165, 1.54) is 55.4 Å². The van der Waals surface area contributed by atoms with Crippen molar-refractivity contribution >= 4 is 145 Å². The Morgan fingerprint density at radius 1 is 0.644 bits per heavy atom. The van der Waals surface area contributed by atoms with E-state index in [0.29, 0.717) is 70.6 Å².